The molecule has 0 fully saturated rings. The molecule has 0 aliphatic rings. The topological polar surface area (TPSA) is 59.0 Å². The van der Waals surface area contributed by atoms with Crippen molar-refractivity contribution < 1.29 is 9.26 Å². The van der Waals surface area contributed by atoms with E-state index in [2.05, 4.69) is 5.16 Å². The summed E-state index contributed by atoms with van der Waals surface area (Å²) in [6, 6.07) is 10.5. The van der Waals surface area contributed by atoms with E-state index >= 15 is 0 Å². The molecule has 74 valence electrons. The van der Waals surface area contributed by atoms with E-state index in [1.54, 1.807) is 37.3 Å². The summed E-state index contributed by atoms with van der Waals surface area (Å²) in [6.45, 7) is 1.79. The van der Waals surface area contributed by atoms with Crippen LogP contribution in [-0.4, -0.2) is 5.16 Å². The fraction of sp³-hybridized carbons (Fsp3) is 0.0909. The molecule has 1 heterocycles. The standard InChI is InChI=1S/C11H8N2O2/c1-8-6-11(13-15-8)14-10-4-2-9(7-12)3-5-10/h2-6H,1H3. The number of aryl methyl sites for hydroxylation is 1. The molecule has 4 nitrogen and oxygen atoms in total. The van der Waals surface area contributed by atoms with Crippen LogP contribution in [-0.2, 0) is 0 Å². The summed E-state index contributed by atoms with van der Waals surface area (Å²) in [6.07, 6.45) is 0. The number of nitrogens with zero attached hydrogens (tertiary/aromatic N) is 2. The molecule has 0 aliphatic carbocycles. The lowest BCUT2D eigenvalue weighted by molar-refractivity contribution is 0.355. The third kappa shape index (κ3) is 2.15. The molecule has 0 N–H and O–H groups in total. The quantitative estimate of drug-likeness (QED) is 0.747. The first-order chi connectivity index (χ1) is 7.28. The van der Waals surface area contributed by atoms with Crippen molar-refractivity contribution in [3.8, 4) is 17.7 Å². The maximum atomic E-state index is 8.60. The van der Waals surface area contributed by atoms with Gasteiger partial charge in [0.2, 0.25) is 0 Å². The summed E-state index contributed by atoms with van der Waals surface area (Å²) in [4.78, 5) is 0. The fourth-order valence-corrected chi connectivity index (χ4v) is 1.11. The predicted octanol–water partition coefficient (Wildman–Crippen LogP) is 2.65. The Hall–Kier alpha value is -2.28. The van der Waals surface area contributed by atoms with Crippen LogP contribution in [0.25, 0.3) is 0 Å². The van der Waals surface area contributed by atoms with Crippen LogP contribution in [0, 0.1) is 18.3 Å². The Kier molecular flexibility index (Phi) is 2.38. The van der Waals surface area contributed by atoms with E-state index < -0.39 is 0 Å². The molecular formula is C11H8N2O2. The average Bonchev–Trinajstić information content (AvgIpc) is 2.65. The highest BCUT2D eigenvalue weighted by Crippen LogP contribution is 2.20. The second kappa shape index (κ2) is 3.84. The molecule has 0 bridgehead atoms. The Bertz CT molecular complexity index is 494. The minimum Gasteiger partial charge on any atom is -0.436 e. The third-order valence-electron chi connectivity index (χ3n) is 1.81. The highest BCUT2D eigenvalue weighted by Gasteiger charge is 2.02. The van der Waals surface area contributed by atoms with E-state index in [9.17, 15) is 0 Å². The molecule has 4 heteroatoms. The number of nitriles is 1. The molecule has 2 rings (SSSR count). The molecule has 0 radical (unpaired) electrons. The number of ether oxygens (including phenoxy) is 1. The number of aromatic nitrogens is 1. The first-order valence-electron chi connectivity index (χ1n) is 4.39. The summed E-state index contributed by atoms with van der Waals surface area (Å²) < 4.78 is 10.2. The molecule has 1 aromatic carbocycles. The van der Waals surface area contributed by atoms with Gasteiger partial charge in [-0.3, -0.25) is 0 Å². The molecule has 2 aromatic rings. The molecule has 1 aromatic heterocycles. The lowest BCUT2D eigenvalue weighted by atomic mass is 10.2. The second-order valence-electron chi connectivity index (χ2n) is 3.01. The smallest absolute Gasteiger partial charge is 0.259 e. The number of hydrogen-bond acceptors (Lipinski definition) is 4. The normalized spacial score (nSPS) is 9.60. The zero-order valence-electron chi connectivity index (χ0n) is 8.10. The number of hydrogen-bond donors (Lipinski definition) is 0. The molecule has 0 atom stereocenters. The van der Waals surface area contributed by atoms with Gasteiger partial charge < -0.3 is 9.26 Å². The first kappa shape index (κ1) is 9.28. The van der Waals surface area contributed by atoms with E-state index in [0.717, 1.165) is 0 Å². The van der Waals surface area contributed by atoms with Crippen molar-refractivity contribution in [2.75, 3.05) is 0 Å². The Morgan fingerprint density at radius 2 is 2.07 bits per heavy atom. The van der Waals surface area contributed by atoms with Gasteiger partial charge in [0.25, 0.3) is 5.88 Å². The van der Waals surface area contributed by atoms with Crippen molar-refractivity contribution in [1.82, 2.24) is 5.16 Å². The van der Waals surface area contributed by atoms with Gasteiger partial charge in [0, 0.05) is 6.07 Å². The largest absolute Gasteiger partial charge is 0.436 e. The van der Waals surface area contributed by atoms with Crippen LogP contribution in [0.1, 0.15) is 11.3 Å². The van der Waals surface area contributed by atoms with Gasteiger partial charge in [-0.2, -0.15) is 5.26 Å². The van der Waals surface area contributed by atoms with Gasteiger partial charge in [0.05, 0.1) is 11.6 Å². The van der Waals surface area contributed by atoms with Crippen molar-refractivity contribution in [1.29, 1.82) is 5.26 Å². The van der Waals surface area contributed by atoms with Gasteiger partial charge in [-0.1, -0.05) is 0 Å². The molecule has 0 spiro atoms. The highest BCUT2D eigenvalue weighted by molar-refractivity contribution is 5.35. The summed E-state index contributed by atoms with van der Waals surface area (Å²) in [5, 5.41) is 12.3. The lowest BCUT2D eigenvalue weighted by Gasteiger charge is -1.99. The van der Waals surface area contributed by atoms with Gasteiger partial charge in [-0.25, -0.2) is 0 Å². The van der Waals surface area contributed by atoms with Crippen LogP contribution >= 0.6 is 0 Å². The molecule has 0 saturated heterocycles. The van der Waals surface area contributed by atoms with Crippen molar-refractivity contribution in [3.05, 3.63) is 41.7 Å². The van der Waals surface area contributed by atoms with Crippen LogP contribution in [0.3, 0.4) is 0 Å². The van der Waals surface area contributed by atoms with E-state index in [0.29, 0.717) is 23.0 Å². The highest BCUT2D eigenvalue weighted by atomic mass is 16.5. The molecular weight excluding hydrogens is 192 g/mol. The van der Waals surface area contributed by atoms with Gasteiger partial charge in [-0.15, -0.1) is 0 Å². The van der Waals surface area contributed by atoms with Crippen molar-refractivity contribution in [2.45, 2.75) is 6.92 Å². The Balaban J connectivity index is 2.15. The monoisotopic (exact) mass is 200 g/mol. The number of rotatable bonds is 2. The second-order valence-corrected chi connectivity index (χ2v) is 3.01. The van der Waals surface area contributed by atoms with E-state index in [-0.39, 0.29) is 0 Å². The minimum atomic E-state index is 0.414. The SMILES string of the molecule is Cc1cc(Oc2ccc(C#N)cc2)no1. The zero-order chi connectivity index (χ0) is 10.7. The van der Waals surface area contributed by atoms with Crippen LogP contribution in [0.2, 0.25) is 0 Å². The fourth-order valence-electron chi connectivity index (χ4n) is 1.11. The summed E-state index contributed by atoms with van der Waals surface area (Å²) in [7, 11) is 0. The van der Waals surface area contributed by atoms with Gasteiger partial charge in [-0.05, 0) is 36.3 Å². The van der Waals surface area contributed by atoms with Crippen LogP contribution in [0.5, 0.6) is 11.6 Å². The number of benzene rings is 1. The van der Waals surface area contributed by atoms with Crippen molar-refractivity contribution in [2.24, 2.45) is 0 Å². The summed E-state index contributed by atoms with van der Waals surface area (Å²) in [5.74, 6) is 1.73. The summed E-state index contributed by atoms with van der Waals surface area (Å²) in [5.41, 5.74) is 0.596. The molecule has 0 aliphatic heterocycles. The van der Waals surface area contributed by atoms with Crippen LogP contribution in [0.15, 0.2) is 34.9 Å². The Morgan fingerprint density at radius 3 is 2.60 bits per heavy atom. The van der Waals surface area contributed by atoms with E-state index in [1.807, 2.05) is 6.07 Å². The molecule has 0 saturated carbocycles. The average molecular weight is 200 g/mol. The van der Waals surface area contributed by atoms with E-state index in [4.69, 9.17) is 14.5 Å². The predicted molar refractivity (Wildman–Crippen MR) is 52.5 cm³/mol. The van der Waals surface area contributed by atoms with Gasteiger partial charge in [0.1, 0.15) is 11.5 Å². The first-order valence-corrected chi connectivity index (χ1v) is 4.39. The maximum Gasteiger partial charge on any atom is 0.259 e. The Labute approximate surface area is 86.7 Å². The molecule has 0 unspecified atom stereocenters. The summed E-state index contributed by atoms with van der Waals surface area (Å²) >= 11 is 0. The lowest BCUT2D eigenvalue weighted by Crippen LogP contribution is -1.83. The van der Waals surface area contributed by atoms with Crippen LogP contribution in [0.4, 0.5) is 0 Å². The van der Waals surface area contributed by atoms with Gasteiger partial charge >= 0.3 is 0 Å². The minimum absolute atomic E-state index is 0.414. The van der Waals surface area contributed by atoms with E-state index in [1.165, 1.54) is 0 Å². The molecule has 0 amide bonds. The molecule has 15 heavy (non-hydrogen) atoms. The van der Waals surface area contributed by atoms with Crippen molar-refractivity contribution in [3.63, 3.8) is 0 Å². The van der Waals surface area contributed by atoms with Crippen LogP contribution < -0.4 is 4.74 Å². The van der Waals surface area contributed by atoms with Gasteiger partial charge in [0.15, 0.2) is 0 Å². The third-order valence-corrected chi connectivity index (χ3v) is 1.81. The zero-order valence-corrected chi connectivity index (χ0v) is 8.10. The Morgan fingerprint density at radius 1 is 1.33 bits per heavy atom. The van der Waals surface area contributed by atoms with Crippen molar-refractivity contribution >= 4 is 0 Å². The maximum absolute atomic E-state index is 8.60.